The highest BCUT2D eigenvalue weighted by Crippen LogP contribution is 2.20. The van der Waals surface area contributed by atoms with Crippen LogP contribution in [0.1, 0.15) is 46.0 Å². The van der Waals surface area contributed by atoms with Gasteiger partial charge in [-0.2, -0.15) is 17.4 Å². The second-order valence-corrected chi connectivity index (χ2v) is 7.23. The molecule has 106 valence electrons. The minimum atomic E-state index is -3.35. The summed E-state index contributed by atoms with van der Waals surface area (Å²) in [6.07, 6.45) is 5.35. The summed E-state index contributed by atoms with van der Waals surface area (Å²) in [6.45, 7) is 4.73. The van der Waals surface area contributed by atoms with Crippen LogP contribution in [-0.2, 0) is 14.9 Å². The summed E-state index contributed by atoms with van der Waals surface area (Å²) in [6, 6.07) is 0.122. The van der Waals surface area contributed by atoms with E-state index < -0.39 is 10.2 Å². The van der Waals surface area contributed by atoms with Crippen molar-refractivity contribution >= 4 is 10.2 Å². The summed E-state index contributed by atoms with van der Waals surface area (Å²) in [5.41, 5.74) is 0. The minimum Gasteiger partial charge on any atom is -0.373 e. The molecule has 1 heterocycles. The molecule has 0 spiro atoms. The number of nitrogens with zero attached hydrogens (tertiary/aromatic N) is 1. The molecule has 1 saturated heterocycles. The van der Waals surface area contributed by atoms with Crippen molar-refractivity contribution in [1.82, 2.24) is 9.03 Å². The van der Waals surface area contributed by atoms with Crippen LogP contribution in [0.15, 0.2) is 0 Å². The molecule has 2 fully saturated rings. The second kappa shape index (κ2) is 5.86. The Labute approximate surface area is 110 Å². The zero-order valence-corrected chi connectivity index (χ0v) is 12.1. The second-order valence-electron chi connectivity index (χ2n) is 5.53. The van der Waals surface area contributed by atoms with E-state index in [1.165, 1.54) is 10.7 Å². The number of nitrogens with one attached hydrogen (secondary N) is 1. The first-order chi connectivity index (χ1) is 8.47. The summed E-state index contributed by atoms with van der Waals surface area (Å²) < 4.78 is 34.6. The van der Waals surface area contributed by atoms with Crippen molar-refractivity contribution in [2.24, 2.45) is 0 Å². The molecule has 6 heteroatoms. The highest BCUT2D eigenvalue weighted by molar-refractivity contribution is 7.87. The average Bonchev–Trinajstić information content (AvgIpc) is 2.28. The molecule has 2 atom stereocenters. The zero-order chi connectivity index (χ0) is 13.2. The van der Waals surface area contributed by atoms with Gasteiger partial charge in [0.05, 0.1) is 12.2 Å². The van der Waals surface area contributed by atoms with E-state index in [0.29, 0.717) is 13.1 Å². The van der Waals surface area contributed by atoms with Gasteiger partial charge < -0.3 is 4.74 Å². The maximum absolute atomic E-state index is 12.3. The van der Waals surface area contributed by atoms with Crippen LogP contribution in [0, 0.1) is 0 Å². The van der Waals surface area contributed by atoms with Gasteiger partial charge in [0.2, 0.25) is 0 Å². The van der Waals surface area contributed by atoms with Crippen LogP contribution in [0.4, 0.5) is 0 Å². The van der Waals surface area contributed by atoms with E-state index in [0.717, 1.165) is 25.7 Å². The Bertz CT molecular complexity index is 356. The van der Waals surface area contributed by atoms with E-state index in [1.54, 1.807) is 0 Å². The number of ether oxygens (including phenoxy) is 1. The van der Waals surface area contributed by atoms with Crippen molar-refractivity contribution in [2.45, 2.75) is 64.2 Å². The quantitative estimate of drug-likeness (QED) is 0.844. The van der Waals surface area contributed by atoms with Crippen molar-refractivity contribution < 1.29 is 13.2 Å². The van der Waals surface area contributed by atoms with E-state index in [2.05, 4.69) is 4.72 Å². The molecule has 0 unspecified atom stereocenters. The van der Waals surface area contributed by atoms with E-state index in [4.69, 9.17) is 4.74 Å². The predicted molar refractivity (Wildman–Crippen MR) is 70.5 cm³/mol. The highest BCUT2D eigenvalue weighted by atomic mass is 32.2. The smallest absolute Gasteiger partial charge is 0.279 e. The van der Waals surface area contributed by atoms with Crippen LogP contribution in [0.25, 0.3) is 0 Å². The molecule has 0 bridgehead atoms. The third-order valence-corrected chi connectivity index (χ3v) is 5.26. The molecular weight excluding hydrogens is 252 g/mol. The maximum Gasteiger partial charge on any atom is 0.279 e. The van der Waals surface area contributed by atoms with E-state index in [-0.39, 0.29) is 18.2 Å². The van der Waals surface area contributed by atoms with Crippen LogP contribution in [0.3, 0.4) is 0 Å². The Morgan fingerprint density at radius 1 is 1.06 bits per heavy atom. The minimum absolute atomic E-state index is 0.0309. The fourth-order valence-electron chi connectivity index (χ4n) is 2.83. The Morgan fingerprint density at radius 3 is 2.17 bits per heavy atom. The average molecular weight is 276 g/mol. The predicted octanol–water partition coefficient (Wildman–Crippen LogP) is 1.26. The number of rotatable bonds is 3. The van der Waals surface area contributed by atoms with Crippen molar-refractivity contribution in [1.29, 1.82) is 0 Å². The van der Waals surface area contributed by atoms with Crippen LogP contribution in [0.2, 0.25) is 0 Å². The van der Waals surface area contributed by atoms with Crippen molar-refractivity contribution in [2.75, 3.05) is 13.1 Å². The summed E-state index contributed by atoms with van der Waals surface area (Å²) in [7, 11) is -3.35. The largest absolute Gasteiger partial charge is 0.373 e. The van der Waals surface area contributed by atoms with Gasteiger partial charge in [-0.25, -0.2) is 0 Å². The number of hydrogen-bond acceptors (Lipinski definition) is 3. The van der Waals surface area contributed by atoms with Crippen molar-refractivity contribution in [3.8, 4) is 0 Å². The first-order valence-corrected chi connectivity index (χ1v) is 8.34. The third-order valence-electron chi connectivity index (χ3n) is 3.65. The van der Waals surface area contributed by atoms with Crippen molar-refractivity contribution in [3.63, 3.8) is 0 Å². The molecule has 2 aliphatic rings. The highest BCUT2D eigenvalue weighted by Gasteiger charge is 2.32. The van der Waals surface area contributed by atoms with Gasteiger partial charge in [0.1, 0.15) is 0 Å². The lowest BCUT2D eigenvalue weighted by atomic mass is 9.96. The molecule has 0 amide bonds. The van der Waals surface area contributed by atoms with Gasteiger partial charge in [-0.15, -0.1) is 0 Å². The first-order valence-electron chi connectivity index (χ1n) is 6.90. The van der Waals surface area contributed by atoms with Gasteiger partial charge in [-0.1, -0.05) is 19.3 Å². The number of hydrogen-bond donors (Lipinski definition) is 1. The van der Waals surface area contributed by atoms with E-state index in [1.807, 2.05) is 13.8 Å². The van der Waals surface area contributed by atoms with Crippen LogP contribution >= 0.6 is 0 Å². The Balaban J connectivity index is 1.96. The lowest BCUT2D eigenvalue weighted by Gasteiger charge is -2.35. The Morgan fingerprint density at radius 2 is 1.61 bits per heavy atom. The summed E-state index contributed by atoms with van der Waals surface area (Å²) in [5, 5.41) is 0. The Hall–Kier alpha value is -0.170. The van der Waals surface area contributed by atoms with Crippen LogP contribution in [-0.4, -0.2) is 44.1 Å². The molecule has 2 rings (SSSR count). The molecule has 1 aliphatic heterocycles. The van der Waals surface area contributed by atoms with Gasteiger partial charge >= 0.3 is 0 Å². The first kappa shape index (κ1) is 14.2. The van der Waals surface area contributed by atoms with Gasteiger partial charge in [0, 0.05) is 19.1 Å². The normalized spacial score (nSPS) is 32.6. The molecule has 18 heavy (non-hydrogen) atoms. The van der Waals surface area contributed by atoms with E-state index >= 15 is 0 Å². The molecule has 5 nitrogen and oxygen atoms in total. The topological polar surface area (TPSA) is 58.6 Å². The fourth-order valence-corrected chi connectivity index (χ4v) is 4.45. The summed E-state index contributed by atoms with van der Waals surface area (Å²) >= 11 is 0. The molecule has 0 radical (unpaired) electrons. The van der Waals surface area contributed by atoms with E-state index in [9.17, 15) is 8.42 Å². The molecule has 0 aromatic rings. The molecule has 0 aromatic heterocycles. The standard InChI is InChI=1S/C12H24N2O3S/c1-10-8-14(9-11(2)17-10)18(15,16)13-12-6-4-3-5-7-12/h10-13H,3-9H2,1-2H3/t10-,11-/m0/s1. The molecule has 1 aliphatic carbocycles. The third kappa shape index (κ3) is 3.66. The summed E-state index contributed by atoms with van der Waals surface area (Å²) in [4.78, 5) is 0. The van der Waals surface area contributed by atoms with Gasteiger partial charge in [-0.05, 0) is 26.7 Å². The lowest BCUT2D eigenvalue weighted by Crippen LogP contribution is -2.53. The molecule has 0 aromatic carbocycles. The fraction of sp³-hybridized carbons (Fsp3) is 1.00. The maximum atomic E-state index is 12.3. The van der Waals surface area contributed by atoms with Crippen molar-refractivity contribution in [3.05, 3.63) is 0 Å². The van der Waals surface area contributed by atoms with Crippen LogP contribution in [0.5, 0.6) is 0 Å². The molecule has 1 N–H and O–H groups in total. The lowest BCUT2D eigenvalue weighted by molar-refractivity contribution is -0.0445. The Kier molecular flexibility index (Phi) is 4.64. The zero-order valence-electron chi connectivity index (χ0n) is 11.3. The van der Waals surface area contributed by atoms with Gasteiger partial charge in [-0.3, -0.25) is 0 Å². The SMILES string of the molecule is C[C@H]1CN(S(=O)(=O)NC2CCCCC2)C[C@H](C)O1. The monoisotopic (exact) mass is 276 g/mol. The van der Waals surface area contributed by atoms with Gasteiger partial charge in [0.15, 0.2) is 0 Å². The van der Waals surface area contributed by atoms with Crippen LogP contribution < -0.4 is 4.72 Å². The summed E-state index contributed by atoms with van der Waals surface area (Å²) in [5.74, 6) is 0. The number of morpholine rings is 1. The molecule has 1 saturated carbocycles. The van der Waals surface area contributed by atoms with Gasteiger partial charge in [0.25, 0.3) is 10.2 Å². The molecular formula is C12H24N2O3S.